The van der Waals surface area contributed by atoms with Crippen molar-refractivity contribution in [3.05, 3.63) is 69.2 Å². The molecule has 2 heteroatoms. The molecule has 0 spiro atoms. The number of aryl methyl sites for hydroxylation is 1. The zero-order valence-corrected chi connectivity index (χ0v) is 13.8. The van der Waals surface area contributed by atoms with Crippen molar-refractivity contribution in [2.24, 2.45) is 0 Å². The predicted molar refractivity (Wildman–Crippen MR) is 88.1 cm³/mol. The Balaban J connectivity index is 2.10. The molecule has 2 rings (SSSR count). The smallest absolute Gasteiger partial charge is 0.0830 e. The molecule has 1 atom stereocenters. The van der Waals surface area contributed by atoms with Gasteiger partial charge in [0.15, 0.2) is 0 Å². The van der Waals surface area contributed by atoms with Crippen molar-refractivity contribution in [3.63, 3.8) is 0 Å². The lowest BCUT2D eigenvalue weighted by Crippen LogP contribution is -2.02. The zero-order chi connectivity index (χ0) is 14.7. The third kappa shape index (κ3) is 3.71. The van der Waals surface area contributed by atoms with Crippen LogP contribution in [0.1, 0.15) is 48.1 Å². The Labute approximate surface area is 129 Å². The lowest BCUT2D eigenvalue weighted by Gasteiger charge is -2.13. The summed E-state index contributed by atoms with van der Waals surface area (Å²) in [5.41, 5.74) is 4.64. The Hall–Kier alpha value is -1.12. The van der Waals surface area contributed by atoms with E-state index < -0.39 is 6.10 Å². The second-order valence-corrected chi connectivity index (χ2v) is 6.48. The van der Waals surface area contributed by atoms with Gasteiger partial charge in [0.2, 0.25) is 0 Å². The number of benzene rings is 2. The van der Waals surface area contributed by atoms with Crippen LogP contribution < -0.4 is 0 Å². The standard InChI is InChI=1S/C18H21BrO/c1-12(2)15-8-5-14(6-9-15)10-18(20)16-7-4-13(3)17(19)11-16/h4-9,11-12,18,20H,10H2,1-3H3. The second kappa shape index (κ2) is 6.55. The number of hydrogen-bond acceptors (Lipinski definition) is 1. The summed E-state index contributed by atoms with van der Waals surface area (Å²) in [5.74, 6) is 0.544. The van der Waals surface area contributed by atoms with Crippen molar-refractivity contribution in [3.8, 4) is 0 Å². The third-order valence-corrected chi connectivity index (χ3v) is 4.51. The minimum absolute atomic E-state index is 0.461. The SMILES string of the molecule is Cc1ccc(C(O)Cc2ccc(C(C)C)cc2)cc1Br. The van der Waals surface area contributed by atoms with E-state index in [1.54, 1.807) is 0 Å². The van der Waals surface area contributed by atoms with E-state index >= 15 is 0 Å². The molecule has 1 N–H and O–H groups in total. The topological polar surface area (TPSA) is 20.2 Å². The molecular weight excluding hydrogens is 312 g/mol. The van der Waals surface area contributed by atoms with E-state index in [9.17, 15) is 5.11 Å². The molecular formula is C18H21BrO. The number of rotatable bonds is 4. The van der Waals surface area contributed by atoms with Gasteiger partial charge < -0.3 is 5.11 Å². The maximum Gasteiger partial charge on any atom is 0.0830 e. The van der Waals surface area contributed by atoms with E-state index in [0.717, 1.165) is 10.0 Å². The van der Waals surface area contributed by atoms with Crippen LogP contribution in [-0.4, -0.2) is 5.11 Å². The Kier molecular flexibility index (Phi) is 5.00. The van der Waals surface area contributed by atoms with Gasteiger partial charge in [-0.15, -0.1) is 0 Å². The highest BCUT2D eigenvalue weighted by Crippen LogP contribution is 2.25. The first-order valence-corrected chi connectivity index (χ1v) is 7.79. The number of halogens is 1. The van der Waals surface area contributed by atoms with E-state index in [1.165, 1.54) is 16.7 Å². The maximum absolute atomic E-state index is 10.3. The van der Waals surface area contributed by atoms with Crippen LogP contribution in [0.3, 0.4) is 0 Å². The van der Waals surface area contributed by atoms with Crippen LogP contribution in [0.15, 0.2) is 46.9 Å². The molecule has 0 bridgehead atoms. The summed E-state index contributed by atoms with van der Waals surface area (Å²) in [7, 11) is 0. The van der Waals surface area contributed by atoms with Gasteiger partial charge in [-0.3, -0.25) is 0 Å². The molecule has 1 nitrogen and oxygen atoms in total. The summed E-state index contributed by atoms with van der Waals surface area (Å²) in [5, 5.41) is 10.3. The fourth-order valence-corrected chi connectivity index (χ4v) is 2.59. The molecule has 106 valence electrons. The van der Waals surface area contributed by atoms with Crippen molar-refractivity contribution in [1.29, 1.82) is 0 Å². The largest absolute Gasteiger partial charge is 0.388 e. The van der Waals surface area contributed by atoms with Gasteiger partial charge in [-0.1, -0.05) is 66.2 Å². The van der Waals surface area contributed by atoms with E-state index in [1.807, 2.05) is 25.1 Å². The Morgan fingerprint density at radius 2 is 1.60 bits per heavy atom. The number of aliphatic hydroxyl groups excluding tert-OH is 1. The molecule has 0 saturated heterocycles. The summed E-state index contributed by atoms with van der Waals surface area (Å²) in [4.78, 5) is 0. The van der Waals surface area contributed by atoms with Crippen molar-refractivity contribution >= 4 is 15.9 Å². The number of hydrogen-bond donors (Lipinski definition) is 1. The molecule has 20 heavy (non-hydrogen) atoms. The molecule has 0 aliphatic rings. The van der Waals surface area contributed by atoms with Crippen LogP contribution in [0.4, 0.5) is 0 Å². The average molecular weight is 333 g/mol. The molecule has 0 aliphatic heterocycles. The molecule has 0 amide bonds. The summed E-state index contributed by atoms with van der Waals surface area (Å²) in [6, 6.07) is 14.6. The highest BCUT2D eigenvalue weighted by Gasteiger charge is 2.10. The van der Waals surface area contributed by atoms with Gasteiger partial charge in [-0.2, -0.15) is 0 Å². The van der Waals surface area contributed by atoms with Crippen LogP contribution >= 0.6 is 15.9 Å². The maximum atomic E-state index is 10.3. The second-order valence-electron chi connectivity index (χ2n) is 5.62. The molecule has 0 fully saturated rings. The van der Waals surface area contributed by atoms with Gasteiger partial charge in [-0.05, 0) is 41.2 Å². The lowest BCUT2D eigenvalue weighted by molar-refractivity contribution is 0.178. The molecule has 0 aromatic heterocycles. The summed E-state index contributed by atoms with van der Waals surface area (Å²) >= 11 is 3.51. The van der Waals surface area contributed by atoms with Crippen LogP contribution in [0.2, 0.25) is 0 Å². The van der Waals surface area contributed by atoms with E-state index in [4.69, 9.17) is 0 Å². The minimum Gasteiger partial charge on any atom is -0.388 e. The normalized spacial score (nSPS) is 12.7. The van der Waals surface area contributed by atoms with Crippen LogP contribution in [0.5, 0.6) is 0 Å². The highest BCUT2D eigenvalue weighted by molar-refractivity contribution is 9.10. The first kappa shape index (κ1) is 15.3. The summed E-state index contributed by atoms with van der Waals surface area (Å²) in [6.07, 6.45) is 0.185. The van der Waals surface area contributed by atoms with Crippen LogP contribution in [0, 0.1) is 6.92 Å². The van der Waals surface area contributed by atoms with E-state index in [2.05, 4.69) is 54.0 Å². The van der Waals surface area contributed by atoms with Crippen molar-refractivity contribution in [2.45, 2.75) is 39.2 Å². The molecule has 2 aromatic carbocycles. The molecule has 0 heterocycles. The summed E-state index contributed by atoms with van der Waals surface area (Å²) < 4.78 is 1.05. The van der Waals surface area contributed by atoms with Gasteiger partial charge in [-0.25, -0.2) is 0 Å². The van der Waals surface area contributed by atoms with Gasteiger partial charge >= 0.3 is 0 Å². The van der Waals surface area contributed by atoms with Crippen molar-refractivity contribution in [2.75, 3.05) is 0 Å². The fraction of sp³-hybridized carbons (Fsp3) is 0.333. The molecule has 0 aliphatic carbocycles. The quantitative estimate of drug-likeness (QED) is 0.820. The predicted octanol–water partition coefficient (Wildman–Crippen LogP) is 5.16. The van der Waals surface area contributed by atoms with Gasteiger partial charge in [0.1, 0.15) is 0 Å². The fourth-order valence-electron chi connectivity index (χ4n) is 2.20. The Morgan fingerprint density at radius 1 is 1.00 bits per heavy atom. The van der Waals surface area contributed by atoms with E-state index in [0.29, 0.717) is 12.3 Å². The third-order valence-electron chi connectivity index (χ3n) is 3.66. The van der Waals surface area contributed by atoms with Crippen LogP contribution in [-0.2, 0) is 6.42 Å². The minimum atomic E-state index is -0.461. The van der Waals surface area contributed by atoms with Crippen molar-refractivity contribution < 1.29 is 5.11 Å². The van der Waals surface area contributed by atoms with Crippen LogP contribution in [0.25, 0.3) is 0 Å². The van der Waals surface area contributed by atoms with Gasteiger partial charge in [0, 0.05) is 10.9 Å². The van der Waals surface area contributed by atoms with Crippen molar-refractivity contribution in [1.82, 2.24) is 0 Å². The molecule has 0 saturated carbocycles. The Morgan fingerprint density at radius 3 is 2.15 bits per heavy atom. The molecule has 1 unspecified atom stereocenters. The monoisotopic (exact) mass is 332 g/mol. The first-order chi connectivity index (χ1) is 9.47. The zero-order valence-electron chi connectivity index (χ0n) is 12.2. The number of aliphatic hydroxyl groups is 1. The Bertz CT molecular complexity index is 572. The first-order valence-electron chi connectivity index (χ1n) is 7.00. The molecule has 0 radical (unpaired) electrons. The average Bonchev–Trinajstić information content (AvgIpc) is 2.42. The van der Waals surface area contributed by atoms with Gasteiger partial charge in [0.05, 0.1) is 6.10 Å². The lowest BCUT2D eigenvalue weighted by atomic mass is 9.97. The molecule has 2 aromatic rings. The summed E-state index contributed by atoms with van der Waals surface area (Å²) in [6.45, 7) is 6.42. The van der Waals surface area contributed by atoms with E-state index in [-0.39, 0.29) is 0 Å². The van der Waals surface area contributed by atoms with Gasteiger partial charge in [0.25, 0.3) is 0 Å². The highest BCUT2D eigenvalue weighted by atomic mass is 79.9.